The van der Waals surface area contributed by atoms with Crippen molar-refractivity contribution in [2.45, 2.75) is 44.4 Å². The van der Waals surface area contributed by atoms with Crippen LogP contribution in [-0.4, -0.2) is 23.9 Å². The minimum atomic E-state index is -0.924. The minimum Gasteiger partial charge on any atom is -0.492 e. The lowest BCUT2D eigenvalue weighted by atomic mass is 10.0. The molecule has 0 saturated carbocycles. The second-order valence-electron chi connectivity index (χ2n) is 4.87. The number of unbranched alkanes of at least 4 members (excludes halogenated alkanes) is 1. The standard InChI is InChI=1S/C16H24O3S/c1-4-6-8-12(5-2)11-19-13-9-7-10-14(20-3)15(13)16(17)18/h7,9-10,12H,4-6,8,11H2,1-3H3,(H,17,18). The molecule has 4 heteroatoms. The second kappa shape index (κ2) is 8.90. The first-order valence-corrected chi connectivity index (χ1v) is 8.39. The number of aromatic carboxylic acids is 1. The fraction of sp³-hybridized carbons (Fsp3) is 0.562. The van der Waals surface area contributed by atoms with Crippen LogP contribution in [0.1, 0.15) is 49.9 Å². The van der Waals surface area contributed by atoms with Crippen LogP contribution in [0.4, 0.5) is 0 Å². The van der Waals surface area contributed by atoms with E-state index in [1.165, 1.54) is 24.6 Å². The molecule has 1 N–H and O–H groups in total. The van der Waals surface area contributed by atoms with Crippen LogP contribution in [0.5, 0.6) is 5.75 Å². The van der Waals surface area contributed by atoms with E-state index in [0.717, 1.165) is 17.7 Å². The van der Waals surface area contributed by atoms with Gasteiger partial charge in [0.05, 0.1) is 6.61 Å². The van der Waals surface area contributed by atoms with Gasteiger partial charge in [-0.15, -0.1) is 11.8 Å². The number of carbonyl (C=O) groups is 1. The average Bonchev–Trinajstić information content (AvgIpc) is 2.46. The normalized spacial score (nSPS) is 12.2. The number of ether oxygens (including phenoxy) is 1. The number of hydrogen-bond donors (Lipinski definition) is 1. The molecule has 0 amide bonds. The number of carboxylic acid groups (broad SMARTS) is 1. The van der Waals surface area contributed by atoms with Crippen molar-refractivity contribution in [2.24, 2.45) is 5.92 Å². The number of thioether (sulfide) groups is 1. The van der Waals surface area contributed by atoms with Crippen LogP contribution in [0.15, 0.2) is 23.1 Å². The molecule has 1 unspecified atom stereocenters. The van der Waals surface area contributed by atoms with Crippen molar-refractivity contribution in [1.82, 2.24) is 0 Å². The highest BCUT2D eigenvalue weighted by Crippen LogP contribution is 2.29. The van der Waals surface area contributed by atoms with E-state index in [1.54, 1.807) is 6.07 Å². The summed E-state index contributed by atoms with van der Waals surface area (Å²) < 4.78 is 5.80. The molecule has 0 heterocycles. The number of benzene rings is 1. The van der Waals surface area contributed by atoms with Gasteiger partial charge in [-0.1, -0.05) is 39.2 Å². The second-order valence-corrected chi connectivity index (χ2v) is 5.71. The Kier molecular flexibility index (Phi) is 7.52. The molecule has 1 atom stereocenters. The number of hydrogen-bond acceptors (Lipinski definition) is 3. The van der Waals surface area contributed by atoms with E-state index in [9.17, 15) is 9.90 Å². The van der Waals surface area contributed by atoms with Gasteiger partial charge in [-0.25, -0.2) is 4.79 Å². The zero-order valence-corrected chi connectivity index (χ0v) is 13.3. The summed E-state index contributed by atoms with van der Waals surface area (Å²) in [4.78, 5) is 12.1. The maximum atomic E-state index is 11.4. The smallest absolute Gasteiger partial charge is 0.340 e. The van der Waals surface area contributed by atoms with Gasteiger partial charge in [0.2, 0.25) is 0 Å². The van der Waals surface area contributed by atoms with Crippen molar-refractivity contribution in [1.29, 1.82) is 0 Å². The van der Waals surface area contributed by atoms with Crippen molar-refractivity contribution in [2.75, 3.05) is 12.9 Å². The maximum absolute atomic E-state index is 11.4. The molecule has 0 spiro atoms. The highest BCUT2D eigenvalue weighted by atomic mass is 32.2. The van der Waals surface area contributed by atoms with Gasteiger partial charge in [0, 0.05) is 4.90 Å². The molecule has 3 nitrogen and oxygen atoms in total. The van der Waals surface area contributed by atoms with E-state index in [-0.39, 0.29) is 5.56 Å². The topological polar surface area (TPSA) is 46.5 Å². The molecule has 0 saturated heterocycles. The minimum absolute atomic E-state index is 0.283. The summed E-state index contributed by atoms with van der Waals surface area (Å²) in [5.41, 5.74) is 0.283. The van der Waals surface area contributed by atoms with Crippen LogP contribution in [-0.2, 0) is 0 Å². The molecule has 0 aliphatic rings. The van der Waals surface area contributed by atoms with E-state index < -0.39 is 5.97 Å². The van der Waals surface area contributed by atoms with Crippen LogP contribution in [0.3, 0.4) is 0 Å². The van der Waals surface area contributed by atoms with Crippen molar-refractivity contribution < 1.29 is 14.6 Å². The third-order valence-electron chi connectivity index (χ3n) is 3.44. The highest BCUT2D eigenvalue weighted by molar-refractivity contribution is 7.98. The van der Waals surface area contributed by atoms with E-state index >= 15 is 0 Å². The third-order valence-corrected chi connectivity index (χ3v) is 4.22. The molecular formula is C16H24O3S. The van der Waals surface area contributed by atoms with E-state index in [0.29, 0.717) is 18.3 Å². The van der Waals surface area contributed by atoms with Crippen LogP contribution >= 0.6 is 11.8 Å². The fourth-order valence-electron chi connectivity index (χ4n) is 2.12. The summed E-state index contributed by atoms with van der Waals surface area (Å²) >= 11 is 1.43. The van der Waals surface area contributed by atoms with Crippen molar-refractivity contribution in [3.8, 4) is 5.75 Å². The van der Waals surface area contributed by atoms with Gasteiger partial charge in [0.15, 0.2) is 0 Å². The van der Waals surface area contributed by atoms with Gasteiger partial charge in [-0.3, -0.25) is 0 Å². The Balaban J connectivity index is 2.78. The molecule has 0 fully saturated rings. The van der Waals surface area contributed by atoms with Crippen molar-refractivity contribution in [3.63, 3.8) is 0 Å². The van der Waals surface area contributed by atoms with Crippen LogP contribution in [0.25, 0.3) is 0 Å². The molecule has 0 aliphatic heterocycles. The first-order valence-electron chi connectivity index (χ1n) is 7.17. The lowest BCUT2D eigenvalue weighted by Gasteiger charge is -2.17. The van der Waals surface area contributed by atoms with Gasteiger partial charge >= 0.3 is 5.97 Å². The lowest BCUT2D eigenvalue weighted by molar-refractivity contribution is 0.0687. The van der Waals surface area contributed by atoms with Gasteiger partial charge < -0.3 is 9.84 Å². The molecule has 1 aromatic carbocycles. The Hall–Kier alpha value is -1.16. The van der Waals surface area contributed by atoms with E-state index in [1.807, 2.05) is 18.4 Å². The van der Waals surface area contributed by atoms with E-state index in [2.05, 4.69) is 13.8 Å². The maximum Gasteiger partial charge on any atom is 0.340 e. The average molecular weight is 296 g/mol. The Labute approximate surface area is 125 Å². The largest absolute Gasteiger partial charge is 0.492 e. The molecule has 20 heavy (non-hydrogen) atoms. The zero-order valence-electron chi connectivity index (χ0n) is 12.5. The fourth-order valence-corrected chi connectivity index (χ4v) is 2.72. The monoisotopic (exact) mass is 296 g/mol. The summed E-state index contributed by atoms with van der Waals surface area (Å²) in [5, 5.41) is 9.35. The Morgan fingerprint density at radius 3 is 2.70 bits per heavy atom. The molecule has 1 rings (SSSR count). The van der Waals surface area contributed by atoms with Crippen LogP contribution in [0, 0.1) is 5.92 Å². The number of rotatable bonds is 9. The predicted molar refractivity (Wildman–Crippen MR) is 84.0 cm³/mol. The van der Waals surface area contributed by atoms with Gasteiger partial charge in [0.1, 0.15) is 11.3 Å². The third kappa shape index (κ3) is 4.75. The molecule has 0 radical (unpaired) electrons. The summed E-state index contributed by atoms with van der Waals surface area (Å²) in [6.45, 7) is 4.92. The molecular weight excluding hydrogens is 272 g/mol. The summed E-state index contributed by atoms with van der Waals surface area (Å²) in [5.74, 6) is 0.0559. The first kappa shape index (κ1) is 16.9. The van der Waals surface area contributed by atoms with Gasteiger partial charge in [-0.05, 0) is 30.7 Å². The highest BCUT2D eigenvalue weighted by Gasteiger charge is 2.17. The Morgan fingerprint density at radius 2 is 2.15 bits per heavy atom. The summed E-state index contributed by atoms with van der Waals surface area (Å²) in [6.07, 6.45) is 6.45. The summed E-state index contributed by atoms with van der Waals surface area (Å²) in [7, 11) is 0. The quantitative estimate of drug-likeness (QED) is 0.671. The molecule has 0 aromatic heterocycles. The van der Waals surface area contributed by atoms with Gasteiger partial charge in [0.25, 0.3) is 0 Å². The Bertz CT molecular complexity index is 432. The van der Waals surface area contributed by atoms with Crippen LogP contribution in [0.2, 0.25) is 0 Å². The van der Waals surface area contributed by atoms with Crippen molar-refractivity contribution >= 4 is 17.7 Å². The van der Waals surface area contributed by atoms with Gasteiger partial charge in [-0.2, -0.15) is 0 Å². The molecule has 112 valence electrons. The number of carboxylic acids is 1. The lowest BCUT2D eigenvalue weighted by Crippen LogP contribution is -2.13. The zero-order chi connectivity index (χ0) is 15.0. The Morgan fingerprint density at radius 1 is 1.40 bits per heavy atom. The SMILES string of the molecule is CCCCC(CC)COc1cccc(SC)c1C(=O)O. The summed E-state index contributed by atoms with van der Waals surface area (Å²) in [6, 6.07) is 5.41. The molecule has 0 aliphatic carbocycles. The van der Waals surface area contributed by atoms with E-state index in [4.69, 9.17) is 4.74 Å². The van der Waals surface area contributed by atoms with Crippen LogP contribution < -0.4 is 4.74 Å². The first-order chi connectivity index (χ1) is 9.63. The predicted octanol–water partition coefficient (Wildman–Crippen LogP) is 4.70. The molecule has 1 aromatic rings. The van der Waals surface area contributed by atoms with Crippen molar-refractivity contribution in [3.05, 3.63) is 23.8 Å². The molecule has 0 bridgehead atoms.